The lowest BCUT2D eigenvalue weighted by Crippen LogP contribution is -2.08. The van der Waals surface area contributed by atoms with Crippen LogP contribution in [0.2, 0.25) is 0 Å². The van der Waals surface area contributed by atoms with Gasteiger partial charge in [-0.1, -0.05) is 0 Å². The standard InChI is InChI=1S/C20H22N4O3/c1-21-13-3-4-18-19(14-5-9-16(10-6-14)24(25)26)23-20(22-18)15-7-11-17(27-2)12-8-15/h5-12,21H,3-4,13H2,1-2H3,(H,22,23). The van der Waals surface area contributed by atoms with E-state index in [0.717, 1.165) is 53.5 Å². The molecule has 0 saturated heterocycles. The minimum atomic E-state index is -0.398. The number of nitrogens with zero attached hydrogens (tertiary/aromatic N) is 2. The van der Waals surface area contributed by atoms with E-state index in [9.17, 15) is 10.1 Å². The molecule has 0 bridgehead atoms. The molecular formula is C20H22N4O3. The third-order valence-corrected chi connectivity index (χ3v) is 4.35. The van der Waals surface area contributed by atoms with Gasteiger partial charge in [0.05, 0.1) is 17.7 Å². The highest BCUT2D eigenvalue weighted by Gasteiger charge is 2.15. The number of methoxy groups -OCH3 is 1. The van der Waals surface area contributed by atoms with Crippen molar-refractivity contribution in [2.45, 2.75) is 12.8 Å². The van der Waals surface area contributed by atoms with Crippen LogP contribution in [0, 0.1) is 10.1 Å². The largest absolute Gasteiger partial charge is 0.497 e. The van der Waals surface area contributed by atoms with Crippen LogP contribution in [0.4, 0.5) is 5.69 Å². The first-order valence-electron chi connectivity index (χ1n) is 8.75. The van der Waals surface area contributed by atoms with Gasteiger partial charge in [-0.25, -0.2) is 4.98 Å². The molecule has 0 saturated carbocycles. The first-order chi connectivity index (χ1) is 13.1. The average Bonchev–Trinajstić information content (AvgIpc) is 3.12. The number of benzene rings is 2. The normalized spacial score (nSPS) is 10.7. The zero-order valence-electron chi connectivity index (χ0n) is 15.4. The van der Waals surface area contributed by atoms with E-state index in [-0.39, 0.29) is 5.69 Å². The van der Waals surface area contributed by atoms with Crippen LogP contribution in [-0.4, -0.2) is 35.6 Å². The molecule has 3 aromatic rings. The Bertz CT molecular complexity index is 902. The van der Waals surface area contributed by atoms with Crippen molar-refractivity contribution in [3.63, 3.8) is 0 Å². The fraction of sp³-hybridized carbons (Fsp3) is 0.250. The lowest BCUT2D eigenvalue weighted by Gasteiger charge is -2.03. The van der Waals surface area contributed by atoms with Gasteiger partial charge in [-0.15, -0.1) is 0 Å². The number of H-pyrrole nitrogens is 1. The summed E-state index contributed by atoms with van der Waals surface area (Å²) >= 11 is 0. The van der Waals surface area contributed by atoms with Crippen molar-refractivity contribution in [1.82, 2.24) is 15.3 Å². The van der Waals surface area contributed by atoms with E-state index in [1.807, 2.05) is 31.3 Å². The molecule has 0 aliphatic rings. The quantitative estimate of drug-likeness (QED) is 0.359. The topological polar surface area (TPSA) is 93.1 Å². The number of hydrogen-bond donors (Lipinski definition) is 2. The highest BCUT2D eigenvalue weighted by molar-refractivity contribution is 5.68. The first-order valence-corrected chi connectivity index (χ1v) is 8.75. The number of hydrogen-bond acceptors (Lipinski definition) is 5. The Hall–Kier alpha value is -3.19. The van der Waals surface area contributed by atoms with Crippen molar-refractivity contribution in [3.05, 3.63) is 64.3 Å². The van der Waals surface area contributed by atoms with E-state index in [0.29, 0.717) is 0 Å². The van der Waals surface area contributed by atoms with E-state index in [4.69, 9.17) is 9.72 Å². The summed E-state index contributed by atoms with van der Waals surface area (Å²) in [5.74, 6) is 1.56. The molecule has 2 aromatic carbocycles. The SMILES string of the molecule is CNCCCc1[nH]c(-c2ccc(OC)cc2)nc1-c1ccc([N+](=O)[O-])cc1. The van der Waals surface area contributed by atoms with Gasteiger partial charge in [-0.05, 0) is 62.8 Å². The number of aromatic nitrogens is 2. The summed E-state index contributed by atoms with van der Waals surface area (Å²) in [6, 6.07) is 14.2. The number of nitro benzene ring substituents is 1. The number of aryl methyl sites for hydroxylation is 1. The second-order valence-electron chi connectivity index (χ2n) is 6.15. The summed E-state index contributed by atoms with van der Waals surface area (Å²) in [5, 5.41) is 14.0. The zero-order chi connectivity index (χ0) is 19.2. The Morgan fingerprint density at radius 2 is 1.78 bits per heavy atom. The fourth-order valence-corrected chi connectivity index (χ4v) is 2.90. The second-order valence-corrected chi connectivity index (χ2v) is 6.15. The molecule has 0 radical (unpaired) electrons. The van der Waals surface area contributed by atoms with Gasteiger partial charge in [0.25, 0.3) is 5.69 Å². The maximum absolute atomic E-state index is 10.9. The number of aromatic amines is 1. The number of imidazole rings is 1. The molecule has 0 fully saturated rings. The van der Waals surface area contributed by atoms with E-state index >= 15 is 0 Å². The summed E-state index contributed by atoms with van der Waals surface area (Å²) in [6.45, 7) is 0.899. The van der Waals surface area contributed by atoms with Crippen LogP contribution in [-0.2, 0) is 6.42 Å². The smallest absolute Gasteiger partial charge is 0.269 e. The zero-order valence-corrected chi connectivity index (χ0v) is 15.4. The Balaban J connectivity index is 1.96. The molecule has 3 rings (SSSR count). The van der Waals surface area contributed by atoms with Crippen molar-refractivity contribution >= 4 is 5.69 Å². The average molecular weight is 366 g/mol. The van der Waals surface area contributed by atoms with Gasteiger partial charge >= 0.3 is 0 Å². The van der Waals surface area contributed by atoms with E-state index in [2.05, 4.69) is 10.3 Å². The monoisotopic (exact) mass is 366 g/mol. The molecule has 0 unspecified atom stereocenters. The fourth-order valence-electron chi connectivity index (χ4n) is 2.90. The number of nitrogens with one attached hydrogen (secondary N) is 2. The predicted octanol–water partition coefficient (Wildman–Crippen LogP) is 3.81. The number of nitro groups is 1. The number of rotatable bonds is 8. The molecule has 0 amide bonds. The molecule has 1 aromatic heterocycles. The van der Waals surface area contributed by atoms with Crippen molar-refractivity contribution in [1.29, 1.82) is 0 Å². The van der Waals surface area contributed by atoms with Gasteiger partial charge in [0.2, 0.25) is 0 Å². The molecule has 7 nitrogen and oxygen atoms in total. The molecule has 0 spiro atoms. The van der Waals surface area contributed by atoms with Crippen molar-refractivity contribution in [2.75, 3.05) is 20.7 Å². The lowest BCUT2D eigenvalue weighted by atomic mass is 10.1. The Morgan fingerprint density at radius 3 is 2.37 bits per heavy atom. The van der Waals surface area contributed by atoms with Crippen LogP contribution in [0.3, 0.4) is 0 Å². The highest BCUT2D eigenvalue weighted by Crippen LogP contribution is 2.29. The van der Waals surface area contributed by atoms with E-state index in [1.54, 1.807) is 19.2 Å². The molecule has 1 heterocycles. The Labute approximate surface area is 157 Å². The third-order valence-electron chi connectivity index (χ3n) is 4.35. The van der Waals surface area contributed by atoms with Gasteiger partial charge in [-0.3, -0.25) is 10.1 Å². The van der Waals surface area contributed by atoms with Crippen LogP contribution < -0.4 is 10.1 Å². The first kappa shape index (κ1) is 18.6. The van der Waals surface area contributed by atoms with Crippen LogP contribution in [0.15, 0.2) is 48.5 Å². The molecular weight excluding hydrogens is 344 g/mol. The molecule has 0 atom stereocenters. The second kappa shape index (κ2) is 8.46. The number of non-ortho nitro benzene ring substituents is 1. The van der Waals surface area contributed by atoms with Crippen molar-refractivity contribution < 1.29 is 9.66 Å². The van der Waals surface area contributed by atoms with Crippen molar-refractivity contribution in [2.24, 2.45) is 0 Å². The molecule has 7 heteroatoms. The molecule has 140 valence electrons. The molecule has 0 aliphatic heterocycles. The van der Waals surface area contributed by atoms with E-state index in [1.165, 1.54) is 12.1 Å². The van der Waals surface area contributed by atoms with Gasteiger partial charge < -0.3 is 15.0 Å². The van der Waals surface area contributed by atoms with E-state index < -0.39 is 4.92 Å². The third kappa shape index (κ3) is 4.32. The number of ether oxygens (including phenoxy) is 1. The summed E-state index contributed by atoms with van der Waals surface area (Å²) in [5.41, 5.74) is 3.73. The van der Waals surface area contributed by atoms with Crippen LogP contribution >= 0.6 is 0 Å². The summed E-state index contributed by atoms with van der Waals surface area (Å²) in [7, 11) is 3.56. The highest BCUT2D eigenvalue weighted by atomic mass is 16.6. The Morgan fingerprint density at radius 1 is 1.11 bits per heavy atom. The van der Waals surface area contributed by atoms with Gasteiger partial charge in [-0.2, -0.15) is 0 Å². The van der Waals surface area contributed by atoms with Crippen LogP contribution in [0.1, 0.15) is 12.1 Å². The summed E-state index contributed by atoms with van der Waals surface area (Å²) in [6.07, 6.45) is 1.79. The lowest BCUT2D eigenvalue weighted by molar-refractivity contribution is -0.384. The molecule has 27 heavy (non-hydrogen) atoms. The van der Waals surface area contributed by atoms with Crippen LogP contribution in [0.5, 0.6) is 5.75 Å². The van der Waals surface area contributed by atoms with Gasteiger partial charge in [0.1, 0.15) is 11.6 Å². The predicted molar refractivity (Wildman–Crippen MR) is 105 cm³/mol. The minimum Gasteiger partial charge on any atom is -0.497 e. The van der Waals surface area contributed by atoms with Gasteiger partial charge in [0, 0.05) is 29.0 Å². The Kier molecular flexibility index (Phi) is 5.83. The minimum absolute atomic E-state index is 0.0707. The summed E-state index contributed by atoms with van der Waals surface area (Å²) < 4.78 is 5.21. The van der Waals surface area contributed by atoms with Crippen molar-refractivity contribution in [3.8, 4) is 28.4 Å². The summed E-state index contributed by atoms with van der Waals surface area (Å²) in [4.78, 5) is 18.7. The molecule has 0 aliphatic carbocycles. The maximum Gasteiger partial charge on any atom is 0.269 e. The van der Waals surface area contributed by atoms with Gasteiger partial charge in [0.15, 0.2) is 0 Å². The maximum atomic E-state index is 10.9. The van der Waals surface area contributed by atoms with Crippen LogP contribution in [0.25, 0.3) is 22.6 Å². The molecule has 2 N–H and O–H groups in total.